The largest absolute Gasteiger partial charge is 0.370 e. The third kappa shape index (κ3) is 2.66. The van der Waals surface area contributed by atoms with Crippen molar-refractivity contribution in [3.05, 3.63) is 12.4 Å². The van der Waals surface area contributed by atoms with Crippen LogP contribution < -0.4 is 15.5 Å². The summed E-state index contributed by atoms with van der Waals surface area (Å²) >= 11 is 0. The Morgan fingerprint density at radius 1 is 1.42 bits per heavy atom. The van der Waals surface area contributed by atoms with E-state index in [4.69, 9.17) is 0 Å². The van der Waals surface area contributed by atoms with Crippen molar-refractivity contribution in [1.29, 1.82) is 0 Å². The second-order valence-electron chi connectivity index (χ2n) is 5.79. The highest BCUT2D eigenvalue weighted by atomic mass is 15.2. The molecule has 19 heavy (non-hydrogen) atoms. The Morgan fingerprint density at radius 3 is 3.16 bits per heavy atom. The first kappa shape index (κ1) is 12.7. The maximum absolute atomic E-state index is 4.44. The van der Waals surface area contributed by atoms with Gasteiger partial charge in [0.05, 0.1) is 0 Å². The molecule has 0 aliphatic carbocycles. The van der Waals surface area contributed by atoms with Crippen LogP contribution in [0.25, 0.3) is 0 Å². The molecule has 1 unspecified atom stereocenters. The Bertz CT molecular complexity index is 428. The van der Waals surface area contributed by atoms with E-state index >= 15 is 0 Å². The normalized spacial score (nSPS) is 26.3. The molecular formula is C14H23N5. The molecule has 3 heterocycles. The van der Waals surface area contributed by atoms with E-state index in [9.17, 15) is 0 Å². The van der Waals surface area contributed by atoms with E-state index in [1.54, 1.807) is 6.33 Å². The van der Waals surface area contributed by atoms with Crippen LogP contribution in [0.3, 0.4) is 0 Å². The minimum atomic E-state index is 0.488. The van der Waals surface area contributed by atoms with Crippen LogP contribution in [0.1, 0.15) is 26.2 Å². The molecule has 1 spiro atoms. The first-order valence-electron chi connectivity index (χ1n) is 7.33. The molecule has 0 aromatic carbocycles. The van der Waals surface area contributed by atoms with Crippen LogP contribution in [0.2, 0.25) is 0 Å². The molecule has 0 radical (unpaired) electrons. The molecule has 1 aromatic heterocycles. The van der Waals surface area contributed by atoms with Crippen molar-refractivity contribution in [3.63, 3.8) is 0 Å². The zero-order valence-corrected chi connectivity index (χ0v) is 11.7. The highest BCUT2D eigenvalue weighted by Gasteiger charge is 2.40. The van der Waals surface area contributed by atoms with Crippen molar-refractivity contribution >= 4 is 11.6 Å². The van der Waals surface area contributed by atoms with Gasteiger partial charge in [0.1, 0.15) is 18.0 Å². The lowest BCUT2D eigenvalue weighted by Crippen LogP contribution is -2.29. The summed E-state index contributed by atoms with van der Waals surface area (Å²) in [5, 5.41) is 6.82. The van der Waals surface area contributed by atoms with Gasteiger partial charge in [-0.1, -0.05) is 6.92 Å². The molecule has 2 N–H and O–H groups in total. The molecule has 0 bridgehead atoms. The predicted octanol–water partition coefficient (Wildman–Crippen LogP) is 1.49. The summed E-state index contributed by atoms with van der Waals surface area (Å²) in [6.07, 6.45) is 5.36. The minimum Gasteiger partial charge on any atom is -0.370 e. The summed E-state index contributed by atoms with van der Waals surface area (Å²) in [4.78, 5) is 11.1. The third-order valence-corrected chi connectivity index (χ3v) is 4.30. The van der Waals surface area contributed by atoms with E-state index in [0.717, 1.165) is 44.2 Å². The molecular weight excluding hydrogens is 238 g/mol. The van der Waals surface area contributed by atoms with Gasteiger partial charge in [0.15, 0.2) is 0 Å². The summed E-state index contributed by atoms with van der Waals surface area (Å²) in [5.74, 6) is 2.01. The molecule has 1 aromatic rings. The molecule has 0 amide bonds. The smallest absolute Gasteiger partial charge is 0.134 e. The summed E-state index contributed by atoms with van der Waals surface area (Å²) in [6.45, 7) is 7.70. The average Bonchev–Trinajstić information content (AvgIpc) is 3.08. The number of hydrogen-bond donors (Lipinski definition) is 2. The fourth-order valence-corrected chi connectivity index (χ4v) is 3.14. The average molecular weight is 261 g/mol. The molecule has 3 rings (SSSR count). The van der Waals surface area contributed by atoms with Crippen molar-refractivity contribution in [2.75, 3.05) is 42.9 Å². The van der Waals surface area contributed by atoms with Gasteiger partial charge in [-0.05, 0) is 25.8 Å². The van der Waals surface area contributed by atoms with Crippen LogP contribution in [0, 0.1) is 5.41 Å². The van der Waals surface area contributed by atoms with Gasteiger partial charge in [0.2, 0.25) is 0 Å². The fourth-order valence-electron chi connectivity index (χ4n) is 3.14. The summed E-state index contributed by atoms with van der Waals surface area (Å²) in [5.41, 5.74) is 0.488. The van der Waals surface area contributed by atoms with Crippen LogP contribution in [-0.2, 0) is 0 Å². The molecule has 1 atom stereocenters. The molecule has 2 aliphatic heterocycles. The highest BCUT2D eigenvalue weighted by molar-refractivity contribution is 5.49. The van der Waals surface area contributed by atoms with Crippen molar-refractivity contribution in [3.8, 4) is 0 Å². The molecule has 2 aliphatic rings. The molecule has 0 saturated carbocycles. The van der Waals surface area contributed by atoms with Crippen LogP contribution in [0.5, 0.6) is 0 Å². The zero-order chi connectivity index (χ0) is 13.1. The number of rotatable bonds is 4. The standard InChI is InChI=1S/C14H23N5/c1-2-5-16-12-8-13(18-11-17-12)19-7-4-14(10-19)3-6-15-9-14/h8,11,15H,2-7,9-10H2,1H3,(H,16,17,18). The van der Waals surface area contributed by atoms with Crippen LogP contribution >= 0.6 is 0 Å². The Labute approximate surface area is 114 Å². The molecule has 2 fully saturated rings. The maximum atomic E-state index is 4.44. The topological polar surface area (TPSA) is 53.1 Å². The van der Waals surface area contributed by atoms with E-state index in [-0.39, 0.29) is 0 Å². The Hall–Kier alpha value is -1.36. The molecule has 5 heteroatoms. The Kier molecular flexibility index (Phi) is 3.55. The fraction of sp³-hybridized carbons (Fsp3) is 0.714. The predicted molar refractivity (Wildman–Crippen MR) is 77.6 cm³/mol. The third-order valence-electron chi connectivity index (χ3n) is 4.30. The Balaban J connectivity index is 1.69. The number of hydrogen-bond acceptors (Lipinski definition) is 5. The summed E-state index contributed by atoms with van der Waals surface area (Å²) in [7, 11) is 0. The lowest BCUT2D eigenvalue weighted by molar-refractivity contribution is 0.369. The summed E-state index contributed by atoms with van der Waals surface area (Å²) < 4.78 is 0. The van der Waals surface area contributed by atoms with Gasteiger partial charge in [-0.2, -0.15) is 0 Å². The van der Waals surface area contributed by atoms with Gasteiger partial charge >= 0.3 is 0 Å². The summed E-state index contributed by atoms with van der Waals surface area (Å²) in [6, 6.07) is 2.08. The van der Waals surface area contributed by atoms with Gasteiger partial charge in [0.25, 0.3) is 0 Å². The Morgan fingerprint density at radius 2 is 2.37 bits per heavy atom. The van der Waals surface area contributed by atoms with Crippen molar-refractivity contribution in [1.82, 2.24) is 15.3 Å². The van der Waals surface area contributed by atoms with Gasteiger partial charge in [0, 0.05) is 37.7 Å². The first-order chi connectivity index (χ1) is 9.31. The van der Waals surface area contributed by atoms with Crippen molar-refractivity contribution in [2.24, 2.45) is 5.41 Å². The van der Waals surface area contributed by atoms with Crippen molar-refractivity contribution in [2.45, 2.75) is 26.2 Å². The minimum absolute atomic E-state index is 0.488. The monoisotopic (exact) mass is 261 g/mol. The van der Waals surface area contributed by atoms with Gasteiger partial charge in [-0.15, -0.1) is 0 Å². The number of aromatic nitrogens is 2. The highest BCUT2D eigenvalue weighted by Crippen LogP contribution is 2.37. The van der Waals surface area contributed by atoms with E-state index in [1.807, 2.05) is 0 Å². The van der Waals surface area contributed by atoms with E-state index in [1.165, 1.54) is 19.4 Å². The van der Waals surface area contributed by atoms with Crippen LogP contribution in [0.4, 0.5) is 11.6 Å². The van der Waals surface area contributed by atoms with Crippen LogP contribution in [-0.4, -0.2) is 42.7 Å². The first-order valence-corrected chi connectivity index (χ1v) is 7.33. The second kappa shape index (κ2) is 5.33. The lowest BCUT2D eigenvalue weighted by Gasteiger charge is -2.23. The zero-order valence-electron chi connectivity index (χ0n) is 11.7. The van der Waals surface area contributed by atoms with Crippen molar-refractivity contribution < 1.29 is 0 Å². The number of nitrogens with one attached hydrogen (secondary N) is 2. The van der Waals surface area contributed by atoms with E-state index in [0.29, 0.717) is 5.41 Å². The SMILES string of the molecule is CCCNc1cc(N2CCC3(CCNC3)C2)ncn1. The number of anilines is 2. The van der Waals surface area contributed by atoms with E-state index < -0.39 is 0 Å². The van der Waals surface area contributed by atoms with Gasteiger partial charge in [-0.3, -0.25) is 0 Å². The van der Waals surface area contributed by atoms with E-state index in [2.05, 4.69) is 38.5 Å². The van der Waals surface area contributed by atoms with Gasteiger partial charge < -0.3 is 15.5 Å². The van der Waals surface area contributed by atoms with Crippen LogP contribution in [0.15, 0.2) is 12.4 Å². The number of nitrogens with zero attached hydrogens (tertiary/aromatic N) is 3. The quantitative estimate of drug-likeness (QED) is 0.860. The second-order valence-corrected chi connectivity index (χ2v) is 5.79. The molecule has 2 saturated heterocycles. The molecule has 5 nitrogen and oxygen atoms in total. The molecule has 104 valence electrons. The lowest BCUT2D eigenvalue weighted by atomic mass is 9.87. The van der Waals surface area contributed by atoms with Gasteiger partial charge in [-0.25, -0.2) is 9.97 Å². The maximum Gasteiger partial charge on any atom is 0.134 e.